The van der Waals surface area contributed by atoms with Crippen molar-refractivity contribution in [2.45, 2.75) is 0 Å². The third-order valence-electron chi connectivity index (χ3n) is 4.70. The maximum atomic E-state index is 11.8. The van der Waals surface area contributed by atoms with Gasteiger partial charge in [0.05, 0.1) is 11.0 Å². The van der Waals surface area contributed by atoms with Gasteiger partial charge in [-0.05, 0) is 18.2 Å². The Kier molecular flexibility index (Phi) is 2.73. The number of nitrogens with zero attached hydrogens (tertiary/aromatic N) is 1. The highest BCUT2D eigenvalue weighted by Gasteiger charge is 2.20. The highest BCUT2D eigenvalue weighted by atomic mass is 16.5. The molecule has 0 fully saturated rings. The lowest BCUT2D eigenvalue weighted by molar-refractivity contribution is -0.120. The number of ether oxygens (including phenoxy) is 1. The van der Waals surface area contributed by atoms with Crippen LogP contribution >= 0.6 is 0 Å². The molecular weight excluding hydrogens is 316 g/mol. The van der Waals surface area contributed by atoms with E-state index in [2.05, 4.69) is 4.98 Å². The number of hydrogen-bond donors (Lipinski definition) is 1. The summed E-state index contributed by atoms with van der Waals surface area (Å²) in [4.78, 5) is 26.2. The van der Waals surface area contributed by atoms with Gasteiger partial charge in [0.25, 0.3) is 6.47 Å². The zero-order valence-electron chi connectivity index (χ0n) is 13.0. The number of fused-ring (bicyclic) bond motifs is 6. The molecule has 3 aromatic carbocycles. The van der Waals surface area contributed by atoms with E-state index in [1.54, 1.807) is 0 Å². The van der Waals surface area contributed by atoms with Gasteiger partial charge in [-0.2, -0.15) is 0 Å². The molecule has 0 amide bonds. The van der Waals surface area contributed by atoms with Crippen molar-refractivity contribution in [2.75, 3.05) is 0 Å². The number of carbonyl (C=O) groups excluding carboxylic acids is 2. The lowest BCUT2D eigenvalue weighted by Gasteiger charge is -2.05. The van der Waals surface area contributed by atoms with Gasteiger partial charge in [-0.25, -0.2) is 0 Å². The highest BCUT2D eigenvalue weighted by molar-refractivity contribution is 6.22. The van der Waals surface area contributed by atoms with Crippen molar-refractivity contribution in [2.24, 2.45) is 0 Å². The maximum absolute atomic E-state index is 11.8. The average molecular weight is 328 g/mol. The summed E-state index contributed by atoms with van der Waals surface area (Å²) in [6.07, 6.45) is 0.747. The molecule has 25 heavy (non-hydrogen) atoms. The van der Waals surface area contributed by atoms with E-state index in [4.69, 9.17) is 4.74 Å². The van der Waals surface area contributed by atoms with Crippen LogP contribution in [0.5, 0.6) is 5.75 Å². The number of aromatic amines is 1. The standard InChI is InChI=1S/C20H12N2O3/c23-10-22-17-8-4-2-6-13(17)15-9-14-12-5-1-3-7-16(12)21-18(14)20(19(15)22)25-11-24/h1-11,21H. The number of para-hydroxylation sites is 2. The van der Waals surface area contributed by atoms with Crippen molar-refractivity contribution in [3.05, 3.63) is 54.6 Å². The number of benzene rings is 3. The Morgan fingerprint density at radius 3 is 2.44 bits per heavy atom. The molecule has 1 N–H and O–H groups in total. The fourth-order valence-corrected chi connectivity index (χ4v) is 3.69. The first-order valence-electron chi connectivity index (χ1n) is 7.85. The van der Waals surface area contributed by atoms with Gasteiger partial charge >= 0.3 is 0 Å². The molecule has 5 heteroatoms. The molecule has 0 saturated heterocycles. The lowest BCUT2D eigenvalue weighted by Crippen LogP contribution is -1.98. The number of carbonyl (C=O) groups is 2. The summed E-state index contributed by atoms with van der Waals surface area (Å²) >= 11 is 0. The van der Waals surface area contributed by atoms with Crippen LogP contribution in [0.25, 0.3) is 43.6 Å². The first-order chi connectivity index (χ1) is 12.3. The Hall–Kier alpha value is -3.60. The summed E-state index contributed by atoms with van der Waals surface area (Å²) in [6, 6.07) is 17.6. The second-order valence-corrected chi connectivity index (χ2v) is 5.90. The second kappa shape index (κ2) is 4.95. The number of nitrogens with one attached hydrogen (secondary N) is 1. The van der Waals surface area contributed by atoms with Crippen LogP contribution < -0.4 is 4.74 Å². The predicted octanol–water partition coefficient (Wildman–Crippen LogP) is 4.00. The van der Waals surface area contributed by atoms with E-state index < -0.39 is 0 Å². The van der Waals surface area contributed by atoms with Gasteiger partial charge in [-0.15, -0.1) is 0 Å². The van der Waals surface area contributed by atoms with Gasteiger partial charge in [-0.1, -0.05) is 36.4 Å². The quantitative estimate of drug-likeness (QED) is 0.509. The largest absolute Gasteiger partial charge is 0.424 e. The zero-order chi connectivity index (χ0) is 17.0. The van der Waals surface area contributed by atoms with Crippen LogP contribution in [0.2, 0.25) is 0 Å². The molecule has 0 aliphatic heterocycles. The van der Waals surface area contributed by atoms with E-state index >= 15 is 0 Å². The molecular formula is C20H12N2O3. The number of rotatable bonds is 3. The Balaban J connectivity index is 2.12. The van der Waals surface area contributed by atoms with Crippen molar-refractivity contribution in [1.82, 2.24) is 9.55 Å². The Morgan fingerprint density at radius 2 is 1.64 bits per heavy atom. The summed E-state index contributed by atoms with van der Waals surface area (Å²) in [6.45, 7) is 0.395. The van der Waals surface area contributed by atoms with Crippen LogP contribution in [0.3, 0.4) is 0 Å². The van der Waals surface area contributed by atoms with Crippen molar-refractivity contribution in [1.29, 1.82) is 0 Å². The summed E-state index contributed by atoms with van der Waals surface area (Å²) in [5.74, 6) is 0.363. The number of hydrogen-bond acceptors (Lipinski definition) is 3. The monoisotopic (exact) mass is 328 g/mol. The van der Waals surface area contributed by atoms with Crippen molar-refractivity contribution in [3.63, 3.8) is 0 Å². The molecule has 5 aromatic rings. The SMILES string of the molecule is O=COc1c2[nH]c3ccccc3c2cc2c3ccccc3n(C=O)c12. The highest BCUT2D eigenvalue weighted by Crippen LogP contribution is 2.41. The molecule has 120 valence electrons. The van der Waals surface area contributed by atoms with Gasteiger partial charge < -0.3 is 9.72 Å². The molecule has 2 aromatic heterocycles. The van der Waals surface area contributed by atoms with Crippen LogP contribution in [-0.2, 0) is 9.59 Å². The van der Waals surface area contributed by atoms with Gasteiger partial charge in [-0.3, -0.25) is 14.2 Å². The van der Waals surface area contributed by atoms with Gasteiger partial charge in [0.15, 0.2) is 5.75 Å². The Bertz CT molecular complexity index is 1310. The maximum Gasteiger partial charge on any atom is 0.298 e. The lowest BCUT2D eigenvalue weighted by atomic mass is 10.1. The van der Waals surface area contributed by atoms with E-state index in [0.717, 1.165) is 39.0 Å². The fourth-order valence-electron chi connectivity index (χ4n) is 3.69. The van der Waals surface area contributed by atoms with Gasteiger partial charge in [0, 0.05) is 27.1 Å². The molecule has 5 rings (SSSR count). The average Bonchev–Trinajstić information content (AvgIpc) is 3.18. The number of aromatic nitrogens is 2. The van der Waals surface area contributed by atoms with Crippen molar-refractivity contribution < 1.29 is 14.3 Å². The fraction of sp³-hybridized carbons (Fsp3) is 0. The molecule has 0 saturated carbocycles. The summed E-state index contributed by atoms with van der Waals surface area (Å²) in [5, 5.41) is 3.80. The molecule has 0 spiro atoms. The molecule has 2 heterocycles. The van der Waals surface area contributed by atoms with E-state index in [-0.39, 0.29) is 0 Å². The summed E-state index contributed by atoms with van der Waals surface area (Å²) in [5.41, 5.74) is 3.01. The minimum atomic E-state index is 0.363. The minimum absolute atomic E-state index is 0.363. The molecule has 0 radical (unpaired) electrons. The van der Waals surface area contributed by atoms with Crippen molar-refractivity contribution in [3.8, 4) is 5.75 Å². The molecule has 0 aliphatic carbocycles. The molecule has 0 atom stereocenters. The number of H-pyrrole nitrogens is 1. The molecule has 0 unspecified atom stereocenters. The van der Waals surface area contributed by atoms with E-state index in [9.17, 15) is 9.59 Å². The third kappa shape index (κ3) is 1.72. The topological polar surface area (TPSA) is 64.1 Å². The zero-order valence-corrected chi connectivity index (χ0v) is 13.0. The van der Waals surface area contributed by atoms with Crippen LogP contribution in [0.15, 0.2) is 54.6 Å². The smallest absolute Gasteiger partial charge is 0.298 e. The van der Waals surface area contributed by atoms with Crippen LogP contribution in [-0.4, -0.2) is 22.4 Å². The molecule has 5 nitrogen and oxygen atoms in total. The summed E-state index contributed by atoms with van der Waals surface area (Å²) < 4.78 is 6.86. The first-order valence-corrected chi connectivity index (χ1v) is 7.85. The van der Waals surface area contributed by atoms with Crippen molar-refractivity contribution >= 4 is 56.5 Å². The minimum Gasteiger partial charge on any atom is -0.424 e. The van der Waals surface area contributed by atoms with Gasteiger partial charge in [0.2, 0.25) is 6.41 Å². The van der Waals surface area contributed by atoms with Gasteiger partial charge in [0.1, 0.15) is 5.52 Å². The predicted molar refractivity (Wildman–Crippen MR) is 97.6 cm³/mol. The first kappa shape index (κ1) is 13.8. The Morgan fingerprint density at radius 1 is 0.880 bits per heavy atom. The molecule has 0 bridgehead atoms. The van der Waals surface area contributed by atoms with Crippen LogP contribution in [0.4, 0.5) is 0 Å². The van der Waals surface area contributed by atoms with E-state index in [1.807, 2.05) is 54.6 Å². The van der Waals surface area contributed by atoms with E-state index in [1.165, 1.54) is 4.57 Å². The van der Waals surface area contributed by atoms with Crippen LogP contribution in [0.1, 0.15) is 0 Å². The van der Waals surface area contributed by atoms with Crippen LogP contribution in [0, 0.1) is 0 Å². The normalized spacial score (nSPS) is 11.5. The second-order valence-electron chi connectivity index (χ2n) is 5.90. The van der Waals surface area contributed by atoms with E-state index in [0.29, 0.717) is 23.3 Å². The molecule has 0 aliphatic rings. The third-order valence-corrected chi connectivity index (χ3v) is 4.70. The summed E-state index contributed by atoms with van der Waals surface area (Å²) in [7, 11) is 0. The Labute approximate surface area is 141 Å².